The predicted molar refractivity (Wildman–Crippen MR) is 44.0 cm³/mol. The third kappa shape index (κ3) is 0.884. The SMILES string of the molecule is C#Cc1nn(O)c2c1CCCC2. The largest absolute Gasteiger partial charge is 0.411 e. The molecular formula is C9H10N2O. The van der Waals surface area contributed by atoms with Crippen LogP contribution in [-0.4, -0.2) is 15.2 Å². The predicted octanol–water partition coefficient (Wildman–Crippen LogP) is 0.980. The minimum absolute atomic E-state index is 0.604. The molecule has 1 heterocycles. The lowest BCUT2D eigenvalue weighted by atomic mass is 9.96. The Labute approximate surface area is 71.0 Å². The minimum atomic E-state index is 0.604. The summed E-state index contributed by atoms with van der Waals surface area (Å²) in [6.45, 7) is 0. The molecule has 0 radical (unpaired) electrons. The van der Waals surface area contributed by atoms with Gasteiger partial charge in [0, 0.05) is 5.56 Å². The summed E-state index contributed by atoms with van der Waals surface area (Å²) in [5.41, 5.74) is 2.56. The number of fused-ring (bicyclic) bond motifs is 1. The molecule has 0 saturated heterocycles. The number of rotatable bonds is 0. The quantitative estimate of drug-likeness (QED) is 0.456. The van der Waals surface area contributed by atoms with Gasteiger partial charge in [-0.2, -0.15) is 0 Å². The number of terminal acetylenes is 1. The van der Waals surface area contributed by atoms with Gasteiger partial charge in [0.15, 0.2) is 0 Å². The average Bonchev–Trinajstić information content (AvgIpc) is 2.44. The maximum atomic E-state index is 9.32. The Morgan fingerprint density at radius 3 is 2.92 bits per heavy atom. The van der Waals surface area contributed by atoms with Crippen molar-refractivity contribution in [1.82, 2.24) is 9.94 Å². The van der Waals surface area contributed by atoms with Crippen LogP contribution in [0, 0.1) is 12.3 Å². The Hall–Kier alpha value is -1.43. The molecule has 0 aliphatic heterocycles. The zero-order valence-corrected chi connectivity index (χ0v) is 6.75. The van der Waals surface area contributed by atoms with Gasteiger partial charge in [0.2, 0.25) is 0 Å². The first-order valence-electron chi connectivity index (χ1n) is 4.09. The molecule has 0 aromatic carbocycles. The molecule has 0 saturated carbocycles. The van der Waals surface area contributed by atoms with Crippen LogP contribution in [-0.2, 0) is 12.8 Å². The average molecular weight is 162 g/mol. The van der Waals surface area contributed by atoms with E-state index in [1.54, 1.807) is 0 Å². The van der Waals surface area contributed by atoms with Crippen molar-refractivity contribution < 1.29 is 5.21 Å². The zero-order valence-electron chi connectivity index (χ0n) is 6.75. The van der Waals surface area contributed by atoms with Crippen molar-refractivity contribution in [3.63, 3.8) is 0 Å². The highest BCUT2D eigenvalue weighted by Gasteiger charge is 2.19. The van der Waals surface area contributed by atoms with E-state index in [4.69, 9.17) is 6.42 Å². The fourth-order valence-corrected chi connectivity index (χ4v) is 1.70. The Bertz CT molecular complexity index is 346. The van der Waals surface area contributed by atoms with Gasteiger partial charge in [-0.1, -0.05) is 0 Å². The third-order valence-corrected chi connectivity index (χ3v) is 2.30. The van der Waals surface area contributed by atoms with E-state index >= 15 is 0 Å². The molecule has 1 aromatic rings. The van der Waals surface area contributed by atoms with Gasteiger partial charge in [-0.15, -0.1) is 16.4 Å². The minimum Gasteiger partial charge on any atom is -0.411 e. The summed E-state index contributed by atoms with van der Waals surface area (Å²) in [5.74, 6) is 2.48. The molecule has 0 atom stereocenters. The van der Waals surface area contributed by atoms with Crippen LogP contribution in [0.4, 0.5) is 0 Å². The van der Waals surface area contributed by atoms with Crippen LogP contribution in [0.25, 0.3) is 0 Å². The Morgan fingerprint density at radius 2 is 2.17 bits per heavy atom. The van der Waals surface area contributed by atoms with Gasteiger partial charge in [0.05, 0.1) is 5.69 Å². The van der Waals surface area contributed by atoms with Crippen molar-refractivity contribution in [2.24, 2.45) is 0 Å². The zero-order chi connectivity index (χ0) is 8.55. The van der Waals surface area contributed by atoms with Crippen LogP contribution in [0.3, 0.4) is 0 Å². The molecule has 12 heavy (non-hydrogen) atoms. The van der Waals surface area contributed by atoms with Gasteiger partial charge >= 0.3 is 0 Å². The molecule has 0 amide bonds. The molecular weight excluding hydrogens is 152 g/mol. The summed E-state index contributed by atoms with van der Waals surface area (Å²) in [4.78, 5) is 0.934. The molecule has 1 aliphatic carbocycles. The molecule has 0 unspecified atom stereocenters. The summed E-state index contributed by atoms with van der Waals surface area (Å²) in [6, 6.07) is 0. The monoisotopic (exact) mass is 162 g/mol. The Balaban J connectivity index is 2.56. The van der Waals surface area contributed by atoms with Crippen molar-refractivity contribution in [3.8, 4) is 12.3 Å². The van der Waals surface area contributed by atoms with E-state index in [1.807, 2.05) is 0 Å². The molecule has 1 N–H and O–H groups in total. The lowest BCUT2D eigenvalue weighted by Crippen LogP contribution is -2.06. The fourth-order valence-electron chi connectivity index (χ4n) is 1.70. The highest BCUT2D eigenvalue weighted by Crippen LogP contribution is 2.22. The molecule has 3 heteroatoms. The van der Waals surface area contributed by atoms with Gasteiger partial charge in [0.1, 0.15) is 5.69 Å². The van der Waals surface area contributed by atoms with Crippen molar-refractivity contribution in [2.45, 2.75) is 25.7 Å². The van der Waals surface area contributed by atoms with E-state index in [0.29, 0.717) is 5.69 Å². The Kier molecular flexibility index (Phi) is 1.54. The maximum Gasteiger partial charge on any atom is 0.142 e. The van der Waals surface area contributed by atoms with Gasteiger partial charge < -0.3 is 5.21 Å². The smallest absolute Gasteiger partial charge is 0.142 e. The van der Waals surface area contributed by atoms with E-state index in [-0.39, 0.29) is 0 Å². The van der Waals surface area contributed by atoms with E-state index in [9.17, 15) is 5.21 Å². The van der Waals surface area contributed by atoms with E-state index < -0.39 is 0 Å². The van der Waals surface area contributed by atoms with Crippen molar-refractivity contribution in [3.05, 3.63) is 17.0 Å². The third-order valence-electron chi connectivity index (χ3n) is 2.30. The number of hydrogen-bond acceptors (Lipinski definition) is 2. The van der Waals surface area contributed by atoms with Crippen LogP contribution >= 0.6 is 0 Å². The topological polar surface area (TPSA) is 38.0 Å². The first-order chi connectivity index (χ1) is 5.83. The second kappa shape index (κ2) is 2.56. The highest BCUT2D eigenvalue weighted by atomic mass is 16.5. The van der Waals surface area contributed by atoms with Crippen LogP contribution in [0.5, 0.6) is 0 Å². The first kappa shape index (κ1) is 7.23. The van der Waals surface area contributed by atoms with Crippen LogP contribution < -0.4 is 0 Å². The van der Waals surface area contributed by atoms with Gasteiger partial charge in [-0.25, -0.2) is 0 Å². The number of nitrogens with zero attached hydrogens (tertiary/aromatic N) is 2. The highest BCUT2D eigenvalue weighted by molar-refractivity contribution is 5.38. The van der Waals surface area contributed by atoms with E-state index in [1.165, 1.54) is 0 Å². The van der Waals surface area contributed by atoms with Crippen LogP contribution in [0.1, 0.15) is 29.8 Å². The maximum absolute atomic E-state index is 9.32. The van der Waals surface area contributed by atoms with Gasteiger partial charge in [-0.05, 0) is 31.6 Å². The number of hydrogen-bond donors (Lipinski definition) is 1. The van der Waals surface area contributed by atoms with Gasteiger partial charge in [-0.3, -0.25) is 0 Å². The van der Waals surface area contributed by atoms with E-state index in [0.717, 1.165) is 41.8 Å². The summed E-state index contributed by atoms with van der Waals surface area (Å²) in [5, 5.41) is 13.2. The molecule has 0 spiro atoms. The first-order valence-corrected chi connectivity index (χ1v) is 4.09. The molecule has 1 aliphatic rings. The molecule has 0 bridgehead atoms. The lowest BCUT2D eigenvalue weighted by Gasteiger charge is -2.09. The van der Waals surface area contributed by atoms with Crippen molar-refractivity contribution >= 4 is 0 Å². The summed E-state index contributed by atoms with van der Waals surface area (Å²) in [7, 11) is 0. The standard InChI is InChI=1S/C9H10N2O/c1-2-8-7-5-3-4-6-9(7)11(12)10-8/h1,12H,3-6H2. The molecule has 2 rings (SSSR count). The normalized spacial score (nSPS) is 15.2. The van der Waals surface area contributed by atoms with Crippen molar-refractivity contribution in [2.75, 3.05) is 0 Å². The fraction of sp³-hybridized carbons (Fsp3) is 0.444. The van der Waals surface area contributed by atoms with Crippen LogP contribution in [0.15, 0.2) is 0 Å². The number of aromatic nitrogens is 2. The lowest BCUT2D eigenvalue weighted by molar-refractivity contribution is 0.138. The molecule has 1 aromatic heterocycles. The molecule has 0 fully saturated rings. The van der Waals surface area contributed by atoms with Gasteiger partial charge in [0.25, 0.3) is 0 Å². The summed E-state index contributed by atoms with van der Waals surface area (Å²) >= 11 is 0. The molecule has 62 valence electrons. The van der Waals surface area contributed by atoms with Crippen molar-refractivity contribution in [1.29, 1.82) is 0 Å². The molecule has 3 nitrogen and oxygen atoms in total. The van der Waals surface area contributed by atoms with Crippen LogP contribution in [0.2, 0.25) is 0 Å². The second-order valence-electron chi connectivity index (χ2n) is 3.01. The second-order valence-corrected chi connectivity index (χ2v) is 3.01. The summed E-state index contributed by atoms with van der Waals surface area (Å²) < 4.78 is 0. The Morgan fingerprint density at radius 1 is 1.42 bits per heavy atom. The van der Waals surface area contributed by atoms with E-state index in [2.05, 4.69) is 11.0 Å². The summed E-state index contributed by atoms with van der Waals surface area (Å²) in [6.07, 6.45) is 9.35.